The van der Waals surface area contributed by atoms with Crippen LogP contribution in [0.15, 0.2) is 103 Å². The maximum atomic E-state index is 13.7. The third kappa shape index (κ3) is 8.66. The Hall–Kier alpha value is -3.72. The topological polar surface area (TPSA) is 61.8 Å². The Morgan fingerprint density at radius 3 is 2.09 bits per heavy atom. The third-order valence-corrected chi connectivity index (χ3v) is 7.61. The fourth-order valence-corrected chi connectivity index (χ4v) is 5.26. The number of carboxylic acids is 1. The number of benzene rings is 4. The third-order valence-electron chi connectivity index (χ3n) is 7.17. The minimum atomic E-state index is -4.57. The summed E-state index contributed by atoms with van der Waals surface area (Å²) in [6.07, 6.45) is -4.01. The SMILES string of the molecule is CC(c1ccccc1)(c1ccccc1)N(CCCOc1cccc(NCC(=O)O)c1)Cc1cccc(C(F)(F)F)c1Cl.Cl. The first-order chi connectivity index (χ1) is 20.1. The van der Waals surface area contributed by atoms with E-state index in [9.17, 15) is 18.0 Å². The van der Waals surface area contributed by atoms with Crippen molar-refractivity contribution < 1.29 is 27.8 Å². The van der Waals surface area contributed by atoms with Crippen molar-refractivity contribution in [1.82, 2.24) is 4.90 Å². The quantitative estimate of drug-likeness (QED) is 0.145. The van der Waals surface area contributed by atoms with Crippen LogP contribution in [0.3, 0.4) is 0 Å². The Morgan fingerprint density at radius 1 is 0.907 bits per heavy atom. The van der Waals surface area contributed by atoms with E-state index in [0.29, 0.717) is 36.6 Å². The molecule has 0 heterocycles. The number of hydrogen-bond acceptors (Lipinski definition) is 4. The van der Waals surface area contributed by atoms with Crippen molar-refractivity contribution in [2.45, 2.75) is 31.6 Å². The first kappa shape index (κ1) is 33.8. The van der Waals surface area contributed by atoms with E-state index in [1.54, 1.807) is 30.3 Å². The van der Waals surface area contributed by atoms with Crippen LogP contribution in [0, 0.1) is 0 Å². The van der Waals surface area contributed by atoms with Crippen molar-refractivity contribution in [3.63, 3.8) is 0 Å². The zero-order chi connectivity index (χ0) is 30.2. The van der Waals surface area contributed by atoms with Crippen LogP contribution in [0.4, 0.5) is 18.9 Å². The Morgan fingerprint density at radius 2 is 1.51 bits per heavy atom. The first-order valence-electron chi connectivity index (χ1n) is 13.5. The molecule has 0 unspecified atom stereocenters. The van der Waals surface area contributed by atoms with Gasteiger partial charge in [0, 0.05) is 24.8 Å². The number of halogens is 5. The van der Waals surface area contributed by atoms with Crippen LogP contribution in [0.25, 0.3) is 0 Å². The fourth-order valence-electron chi connectivity index (χ4n) is 4.96. The molecule has 5 nitrogen and oxygen atoms in total. The minimum absolute atomic E-state index is 0. The van der Waals surface area contributed by atoms with Crippen molar-refractivity contribution in [3.8, 4) is 5.75 Å². The fraction of sp³-hybridized carbons (Fsp3) is 0.242. The monoisotopic (exact) mass is 632 g/mol. The highest BCUT2D eigenvalue weighted by atomic mass is 35.5. The summed E-state index contributed by atoms with van der Waals surface area (Å²) in [4.78, 5) is 13.0. The maximum absolute atomic E-state index is 13.7. The summed E-state index contributed by atoms with van der Waals surface area (Å²) in [5.41, 5.74) is 1.40. The lowest BCUT2D eigenvalue weighted by Gasteiger charge is -2.43. The number of carboxylic acid groups (broad SMARTS) is 1. The lowest BCUT2D eigenvalue weighted by molar-refractivity contribution is -0.137. The summed E-state index contributed by atoms with van der Waals surface area (Å²) < 4.78 is 47.1. The Kier molecular flexibility index (Phi) is 11.9. The Balaban J connectivity index is 0.00000506. The highest BCUT2D eigenvalue weighted by Crippen LogP contribution is 2.40. The molecule has 43 heavy (non-hydrogen) atoms. The molecule has 0 aromatic heterocycles. The number of nitrogens with one attached hydrogen (secondary N) is 1. The van der Waals surface area contributed by atoms with Gasteiger partial charge < -0.3 is 15.2 Å². The average Bonchev–Trinajstić information content (AvgIpc) is 2.98. The molecule has 10 heteroatoms. The molecular formula is C33H33Cl2F3N2O3. The molecule has 2 N–H and O–H groups in total. The minimum Gasteiger partial charge on any atom is -0.493 e. The molecule has 0 saturated carbocycles. The largest absolute Gasteiger partial charge is 0.493 e. The summed E-state index contributed by atoms with van der Waals surface area (Å²) in [7, 11) is 0. The van der Waals surface area contributed by atoms with Gasteiger partial charge in [-0.3, -0.25) is 9.69 Å². The van der Waals surface area contributed by atoms with Gasteiger partial charge in [-0.1, -0.05) is 90.5 Å². The number of hydrogen-bond donors (Lipinski definition) is 2. The van der Waals surface area contributed by atoms with Gasteiger partial charge in [0.25, 0.3) is 0 Å². The van der Waals surface area contributed by atoms with Crippen LogP contribution in [0.2, 0.25) is 5.02 Å². The van der Waals surface area contributed by atoms with Gasteiger partial charge in [-0.2, -0.15) is 13.2 Å². The van der Waals surface area contributed by atoms with E-state index >= 15 is 0 Å². The number of aliphatic carboxylic acids is 1. The first-order valence-corrected chi connectivity index (χ1v) is 13.9. The molecule has 0 aliphatic rings. The molecule has 0 bridgehead atoms. The van der Waals surface area contributed by atoms with Crippen LogP contribution in [-0.2, 0) is 23.1 Å². The number of alkyl halides is 3. The van der Waals surface area contributed by atoms with Gasteiger partial charge in [0.1, 0.15) is 12.3 Å². The van der Waals surface area contributed by atoms with Crippen molar-refractivity contribution in [1.29, 1.82) is 0 Å². The van der Waals surface area contributed by atoms with E-state index in [4.69, 9.17) is 21.4 Å². The van der Waals surface area contributed by atoms with Gasteiger partial charge in [0.2, 0.25) is 0 Å². The zero-order valence-corrected chi connectivity index (χ0v) is 25.1. The molecule has 4 rings (SSSR count). The zero-order valence-electron chi connectivity index (χ0n) is 23.5. The van der Waals surface area contributed by atoms with Gasteiger partial charge in [0.15, 0.2) is 0 Å². The molecule has 228 valence electrons. The standard InChI is InChI=1S/C33H32ClF3N2O3.ClH/c1-32(25-12-4-2-5-13-25,26-14-6-3-7-15-26)39(23-24-11-8-18-29(31(24)34)33(35,36)37)19-10-20-42-28-17-9-16-27(21-28)38-22-30(40)41;/h2-9,11-18,21,38H,10,19-20,22-23H2,1H3,(H,40,41);1H. The van der Waals surface area contributed by atoms with E-state index in [2.05, 4.69) is 17.1 Å². The van der Waals surface area contributed by atoms with Gasteiger partial charge in [0.05, 0.1) is 22.7 Å². The highest BCUT2D eigenvalue weighted by molar-refractivity contribution is 6.32. The lowest BCUT2D eigenvalue weighted by Crippen LogP contribution is -2.45. The molecule has 0 radical (unpaired) electrons. The van der Waals surface area contributed by atoms with Crippen LogP contribution >= 0.6 is 24.0 Å². The van der Waals surface area contributed by atoms with E-state index in [1.807, 2.05) is 60.7 Å². The van der Waals surface area contributed by atoms with Crippen LogP contribution < -0.4 is 10.1 Å². The van der Waals surface area contributed by atoms with Gasteiger partial charge in [-0.05, 0) is 48.2 Å². The van der Waals surface area contributed by atoms with Gasteiger partial charge >= 0.3 is 12.1 Å². The van der Waals surface area contributed by atoms with E-state index in [0.717, 1.165) is 17.2 Å². The summed E-state index contributed by atoms with van der Waals surface area (Å²) in [5.74, 6) is -0.395. The predicted molar refractivity (Wildman–Crippen MR) is 166 cm³/mol. The molecular weight excluding hydrogens is 600 g/mol. The molecule has 0 aliphatic carbocycles. The second-order valence-electron chi connectivity index (χ2n) is 9.98. The molecule has 0 amide bonds. The number of ether oxygens (including phenoxy) is 1. The summed E-state index contributed by atoms with van der Waals surface area (Å²) >= 11 is 6.37. The molecule has 0 saturated heterocycles. The number of anilines is 1. The van der Waals surface area contributed by atoms with Gasteiger partial charge in [-0.25, -0.2) is 0 Å². The van der Waals surface area contributed by atoms with Crippen molar-refractivity contribution in [3.05, 3.63) is 130 Å². The van der Waals surface area contributed by atoms with E-state index in [1.165, 1.54) is 6.07 Å². The number of nitrogens with zero attached hydrogens (tertiary/aromatic N) is 1. The molecule has 4 aromatic rings. The normalized spacial score (nSPS) is 11.6. The predicted octanol–water partition coefficient (Wildman–Crippen LogP) is 8.51. The van der Waals surface area contributed by atoms with Crippen molar-refractivity contribution in [2.75, 3.05) is 25.0 Å². The van der Waals surface area contributed by atoms with Crippen LogP contribution in [-0.4, -0.2) is 35.7 Å². The Bertz CT molecular complexity index is 1430. The molecule has 0 fully saturated rings. The summed E-state index contributed by atoms with van der Waals surface area (Å²) in [6, 6.07) is 30.7. The van der Waals surface area contributed by atoms with Crippen molar-refractivity contribution in [2.24, 2.45) is 0 Å². The molecule has 0 atom stereocenters. The van der Waals surface area contributed by atoms with Crippen molar-refractivity contribution >= 4 is 35.7 Å². The van der Waals surface area contributed by atoms with E-state index < -0.39 is 23.2 Å². The summed E-state index contributed by atoms with van der Waals surface area (Å²) in [6.45, 7) is 2.82. The Labute approximate surface area is 260 Å². The second-order valence-corrected chi connectivity index (χ2v) is 10.4. The highest BCUT2D eigenvalue weighted by Gasteiger charge is 2.37. The molecule has 0 spiro atoms. The smallest absolute Gasteiger partial charge is 0.417 e. The lowest BCUT2D eigenvalue weighted by atomic mass is 9.82. The summed E-state index contributed by atoms with van der Waals surface area (Å²) in [5, 5.41) is 11.4. The number of rotatable bonds is 13. The molecule has 4 aromatic carbocycles. The number of carbonyl (C=O) groups is 1. The van der Waals surface area contributed by atoms with Crippen LogP contribution in [0.1, 0.15) is 35.6 Å². The molecule has 0 aliphatic heterocycles. The van der Waals surface area contributed by atoms with Crippen LogP contribution in [0.5, 0.6) is 5.75 Å². The van der Waals surface area contributed by atoms with Gasteiger partial charge in [-0.15, -0.1) is 12.4 Å². The van der Waals surface area contributed by atoms with E-state index in [-0.39, 0.29) is 30.5 Å². The average molecular weight is 634 g/mol. The second kappa shape index (κ2) is 15.1. The maximum Gasteiger partial charge on any atom is 0.417 e.